The summed E-state index contributed by atoms with van der Waals surface area (Å²) in [7, 11) is 0. The molecule has 1 rings (SSSR count). The van der Waals surface area contributed by atoms with Crippen molar-refractivity contribution in [2.75, 3.05) is 19.6 Å². The molecule has 0 heterocycles. The van der Waals surface area contributed by atoms with E-state index in [1.54, 1.807) is 18.2 Å². The molecule has 0 radical (unpaired) electrons. The van der Waals surface area contributed by atoms with E-state index in [0.717, 1.165) is 0 Å². The fourth-order valence-corrected chi connectivity index (χ4v) is 1.92. The predicted molar refractivity (Wildman–Crippen MR) is 91.7 cm³/mol. The van der Waals surface area contributed by atoms with Crippen molar-refractivity contribution in [3.8, 4) is 0 Å². The first kappa shape index (κ1) is 18.9. The van der Waals surface area contributed by atoms with Crippen LogP contribution < -0.4 is 16.0 Å². The molecule has 5 nitrogen and oxygen atoms in total. The molecule has 0 bridgehead atoms. The fraction of sp³-hybridized carbons (Fsp3) is 0.529. The average Bonchev–Trinajstić information content (AvgIpc) is 2.51. The third-order valence-electron chi connectivity index (χ3n) is 3.36. The highest BCUT2D eigenvalue weighted by Gasteiger charge is 2.27. The van der Waals surface area contributed by atoms with E-state index in [4.69, 9.17) is 0 Å². The predicted octanol–water partition coefficient (Wildman–Crippen LogP) is 2.04. The molecule has 1 amide bonds. The first-order valence-electron chi connectivity index (χ1n) is 7.94. The van der Waals surface area contributed by atoms with Crippen LogP contribution in [0.5, 0.6) is 0 Å². The third kappa shape index (κ3) is 6.26. The quantitative estimate of drug-likeness (QED) is 0.532. The van der Waals surface area contributed by atoms with E-state index in [0.29, 0.717) is 31.2 Å². The van der Waals surface area contributed by atoms with Crippen LogP contribution in [-0.4, -0.2) is 31.5 Å². The van der Waals surface area contributed by atoms with Crippen LogP contribution in [-0.2, 0) is 11.3 Å². The largest absolute Gasteiger partial charge is 0.357 e. The van der Waals surface area contributed by atoms with Crippen LogP contribution in [0.25, 0.3) is 0 Å². The van der Waals surface area contributed by atoms with Crippen molar-refractivity contribution in [1.29, 1.82) is 0 Å². The minimum Gasteiger partial charge on any atom is -0.357 e. The van der Waals surface area contributed by atoms with Gasteiger partial charge in [0.1, 0.15) is 5.82 Å². The second-order valence-corrected chi connectivity index (χ2v) is 5.88. The lowest BCUT2D eigenvalue weighted by Gasteiger charge is -2.24. The van der Waals surface area contributed by atoms with Gasteiger partial charge in [0, 0.05) is 25.2 Å². The van der Waals surface area contributed by atoms with Crippen molar-refractivity contribution in [3.05, 3.63) is 35.6 Å². The van der Waals surface area contributed by atoms with Crippen LogP contribution in [0.15, 0.2) is 29.3 Å². The Bertz CT molecular complexity index is 543. The van der Waals surface area contributed by atoms with E-state index in [1.165, 1.54) is 6.07 Å². The monoisotopic (exact) mass is 322 g/mol. The first-order valence-corrected chi connectivity index (χ1v) is 7.94. The van der Waals surface area contributed by atoms with Crippen molar-refractivity contribution in [2.45, 2.75) is 34.2 Å². The Morgan fingerprint density at radius 2 is 1.78 bits per heavy atom. The summed E-state index contributed by atoms with van der Waals surface area (Å²) in [6.07, 6.45) is 0. The second-order valence-electron chi connectivity index (χ2n) is 5.88. The maximum Gasteiger partial charge on any atom is 0.227 e. The number of aliphatic imine (C=N–C) groups is 1. The minimum atomic E-state index is -0.565. The molecule has 0 aromatic heterocycles. The number of amides is 1. The summed E-state index contributed by atoms with van der Waals surface area (Å²) < 4.78 is 13.6. The van der Waals surface area contributed by atoms with E-state index in [-0.39, 0.29) is 18.3 Å². The molecule has 1 aromatic rings. The Labute approximate surface area is 137 Å². The molecule has 0 aliphatic carbocycles. The highest BCUT2D eigenvalue weighted by atomic mass is 19.1. The zero-order valence-corrected chi connectivity index (χ0v) is 14.4. The van der Waals surface area contributed by atoms with Gasteiger partial charge in [-0.05, 0) is 33.8 Å². The molecular weight excluding hydrogens is 295 g/mol. The number of benzene rings is 1. The zero-order chi connectivity index (χ0) is 17.3. The number of guanidine groups is 1. The topological polar surface area (TPSA) is 65.5 Å². The molecule has 0 aliphatic heterocycles. The van der Waals surface area contributed by atoms with Gasteiger partial charge in [0.2, 0.25) is 5.91 Å². The molecule has 0 aliphatic rings. The number of hydrogen-bond acceptors (Lipinski definition) is 2. The van der Waals surface area contributed by atoms with Crippen molar-refractivity contribution in [2.24, 2.45) is 10.4 Å². The van der Waals surface area contributed by atoms with Crippen LogP contribution in [0.1, 0.15) is 33.3 Å². The zero-order valence-electron chi connectivity index (χ0n) is 14.4. The molecule has 3 N–H and O–H groups in total. The van der Waals surface area contributed by atoms with Gasteiger partial charge < -0.3 is 16.0 Å². The maximum atomic E-state index is 13.6. The lowest BCUT2D eigenvalue weighted by molar-refractivity contribution is -0.128. The van der Waals surface area contributed by atoms with Gasteiger partial charge in [-0.15, -0.1) is 0 Å². The molecule has 23 heavy (non-hydrogen) atoms. The minimum absolute atomic E-state index is 0.0162. The molecule has 128 valence electrons. The molecule has 0 saturated carbocycles. The average molecular weight is 322 g/mol. The van der Waals surface area contributed by atoms with Crippen LogP contribution in [0.2, 0.25) is 0 Å². The number of halogens is 1. The molecule has 0 saturated heterocycles. The Balaban J connectivity index is 2.69. The van der Waals surface area contributed by atoms with E-state index in [9.17, 15) is 9.18 Å². The summed E-state index contributed by atoms with van der Waals surface area (Å²) in [5.74, 6) is 0.278. The van der Waals surface area contributed by atoms with Gasteiger partial charge in [-0.2, -0.15) is 0 Å². The van der Waals surface area contributed by atoms with E-state index in [1.807, 2.05) is 27.7 Å². The van der Waals surface area contributed by atoms with Gasteiger partial charge in [0.25, 0.3) is 0 Å². The Hall–Kier alpha value is -2.11. The molecular formula is C17H27FN4O. The standard InChI is InChI=1S/C17H27FN4O/c1-5-19-15(23)17(3,4)12-22-16(20-6-2)21-11-13-9-7-8-10-14(13)18/h7-10H,5-6,11-12H2,1-4H3,(H,19,23)(H2,20,21,22). The van der Waals surface area contributed by atoms with E-state index >= 15 is 0 Å². The highest BCUT2D eigenvalue weighted by molar-refractivity contribution is 5.84. The lowest BCUT2D eigenvalue weighted by atomic mass is 9.92. The van der Waals surface area contributed by atoms with Gasteiger partial charge in [-0.25, -0.2) is 9.38 Å². The molecule has 6 heteroatoms. The van der Waals surface area contributed by atoms with Gasteiger partial charge in [-0.1, -0.05) is 18.2 Å². The van der Waals surface area contributed by atoms with Crippen LogP contribution in [0.4, 0.5) is 4.39 Å². The number of nitrogens with zero attached hydrogens (tertiary/aromatic N) is 1. The van der Waals surface area contributed by atoms with Crippen molar-refractivity contribution in [1.82, 2.24) is 16.0 Å². The number of carbonyl (C=O) groups is 1. The number of hydrogen-bond donors (Lipinski definition) is 3. The van der Waals surface area contributed by atoms with Gasteiger partial charge in [-0.3, -0.25) is 4.79 Å². The van der Waals surface area contributed by atoms with Crippen LogP contribution in [0.3, 0.4) is 0 Å². The molecule has 0 atom stereocenters. The number of nitrogens with one attached hydrogen (secondary N) is 3. The Morgan fingerprint density at radius 1 is 1.13 bits per heavy atom. The first-order chi connectivity index (χ1) is 10.9. The van der Waals surface area contributed by atoms with Crippen LogP contribution >= 0.6 is 0 Å². The highest BCUT2D eigenvalue weighted by Crippen LogP contribution is 2.13. The number of carbonyl (C=O) groups excluding carboxylic acids is 1. The van der Waals surface area contributed by atoms with E-state index in [2.05, 4.69) is 20.9 Å². The Kier molecular flexibility index (Phi) is 7.51. The smallest absolute Gasteiger partial charge is 0.227 e. The van der Waals surface area contributed by atoms with Crippen molar-refractivity contribution in [3.63, 3.8) is 0 Å². The molecule has 0 spiro atoms. The van der Waals surface area contributed by atoms with Crippen molar-refractivity contribution < 1.29 is 9.18 Å². The summed E-state index contributed by atoms with van der Waals surface area (Å²) in [5.41, 5.74) is -0.0304. The molecule has 0 fully saturated rings. The van der Waals surface area contributed by atoms with E-state index < -0.39 is 5.41 Å². The lowest BCUT2D eigenvalue weighted by Crippen LogP contribution is -2.47. The van der Waals surface area contributed by atoms with Gasteiger partial charge in [0.15, 0.2) is 5.96 Å². The third-order valence-corrected chi connectivity index (χ3v) is 3.36. The summed E-state index contributed by atoms with van der Waals surface area (Å²) >= 11 is 0. The SMILES string of the molecule is CCNC(=O)C(C)(C)CNC(=NCc1ccccc1F)NCC. The van der Waals surface area contributed by atoms with Crippen LogP contribution in [0, 0.1) is 11.2 Å². The maximum absolute atomic E-state index is 13.6. The summed E-state index contributed by atoms with van der Waals surface area (Å²) in [4.78, 5) is 16.4. The summed E-state index contributed by atoms with van der Waals surface area (Å²) in [5, 5.41) is 9.06. The second kappa shape index (κ2) is 9.12. The molecule has 1 aromatic carbocycles. The fourth-order valence-electron chi connectivity index (χ4n) is 1.92. The van der Waals surface area contributed by atoms with Gasteiger partial charge in [0.05, 0.1) is 12.0 Å². The normalized spacial score (nSPS) is 12.0. The molecule has 0 unspecified atom stereocenters. The number of rotatable bonds is 7. The summed E-state index contributed by atoms with van der Waals surface area (Å²) in [6.45, 7) is 9.54. The summed E-state index contributed by atoms with van der Waals surface area (Å²) in [6, 6.07) is 6.57. The van der Waals surface area contributed by atoms with Gasteiger partial charge >= 0.3 is 0 Å². The Morgan fingerprint density at radius 3 is 2.39 bits per heavy atom. The van der Waals surface area contributed by atoms with Crippen molar-refractivity contribution >= 4 is 11.9 Å².